The van der Waals surface area contributed by atoms with Crippen LogP contribution in [0, 0.1) is 24.8 Å². The van der Waals surface area contributed by atoms with Crippen LogP contribution in [-0.4, -0.2) is 22.6 Å². The van der Waals surface area contributed by atoms with Crippen molar-refractivity contribution < 1.29 is 33.0 Å². The third-order valence-electron chi connectivity index (χ3n) is 11.5. The monoisotopic (exact) mass is 1040 g/mol. The van der Waals surface area contributed by atoms with Gasteiger partial charge in [0.15, 0.2) is 0 Å². The van der Waals surface area contributed by atoms with Gasteiger partial charge in [-0.2, -0.15) is 0 Å². The summed E-state index contributed by atoms with van der Waals surface area (Å²) in [5.74, 6) is 0.115. The number of para-hydroxylation sites is 1. The maximum Gasteiger partial charge on any atom is 0.148 e. The minimum Gasteiger partial charge on any atom is -0.501 e. The van der Waals surface area contributed by atoms with E-state index in [1.807, 2.05) is 114 Å². The number of hydrogen-bond donors (Lipinski definition) is 0. The number of aromatic nitrogens is 3. The smallest absolute Gasteiger partial charge is 0.148 e. The van der Waals surface area contributed by atoms with E-state index in [9.17, 15) is 0 Å². The van der Waals surface area contributed by atoms with E-state index >= 15 is 4.39 Å². The second kappa shape index (κ2) is 18.2. The van der Waals surface area contributed by atoms with Gasteiger partial charge in [0, 0.05) is 47.1 Å². The fraction of sp³-hybridized carbons (Fsp3) is 0.0690. The molecule has 0 spiro atoms. The third-order valence-corrected chi connectivity index (χ3v) is 13.6. The molecule has 0 amide bonds. The topological polar surface area (TPSA) is 43.9 Å². The Morgan fingerprint density at radius 1 is 0.631 bits per heavy atom. The molecule has 0 aliphatic carbocycles. The van der Waals surface area contributed by atoms with Gasteiger partial charge in [-0.1, -0.05) is 157 Å². The van der Waals surface area contributed by atoms with Gasteiger partial charge in [-0.05, 0) is 75.9 Å². The van der Waals surface area contributed by atoms with Crippen molar-refractivity contribution in [3.05, 3.63) is 218 Å². The van der Waals surface area contributed by atoms with E-state index in [1.165, 1.54) is 11.3 Å². The summed E-state index contributed by atoms with van der Waals surface area (Å²) in [4.78, 5) is 9.58. The van der Waals surface area contributed by atoms with E-state index in [0.29, 0.717) is 39.2 Å². The van der Waals surface area contributed by atoms with Crippen LogP contribution in [-0.2, 0) is 20.1 Å². The summed E-state index contributed by atoms with van der Waals surface area (Å²) >= 11 is 0. The quantitative estimate of drug-likeness (QED) is 0.118. The Labute approximate surface area is 397 Å². The van der Waals surface area contributed by atoms with Crippen molar-refractivity contribution in [3.8, 4) is 61.7 Å². The SMILES string of the molecule is C[Si](C)(C)c1ccc(-c2[c-]cccc2)nc1.[2H]C([2H])([2H])c1ccc(-c2ccc3oc4c(-c5nc6cccc(F)c6n5-c5cc(-c6ccccc6)ccc5-c5ccccc5)[c-]ccc4c3c2)cc1.[Ir]. The molecule has 7 heteroatoms. The second-order valence-corrected chi connectivity index (χ2v) is 21.9. The standard InChI is InChI=1S/C44H28FN2O.C14H16NSi.Ir/c1-28-18-20-30(21-19-28)32-23-25-41-37(26-32)35-14-8-15-36(43(35)48-41)44-46-39-17-9-16-38(45)42(39)47(44)40-27-33(29-10-4-2-5-11-29)22-24-34(40)31-12-6-3-7-13-31;1-16(2,3)13-9-10-14(15-11-13)12-7-5-4-6-8-12;/h2-14,16-27H,1H3;4-7,9-11H,1-3H3;/q2*-1;/i1D3;;. The van der Waals surface area contributed by atoms with Gasteiger partial charge in [0.25, 0.3) is 0 Å². The molecule has 0 fully saturated rings. The van der Waals surface area contributed by atoms with Gasteiger partial charge in [0.1, 0.15) is 11.4 Å². The van der Waals surface area contributed by atoms with Crippen molar-refractivity contribution in [2.75, 3.05) is 0 Å². The molecule has 8 aromatic carbocycles. The van der Waals surface area contributed by atoms with Crippen LogP contribution in [0.4, 0.5) is 4.39 Å². The molecule has 3 aromatic heterocycles. The zero-order valence-corrected chi connectivity index (χ0v) is 39.3. The summed E-state index contributed by atoms with van der Waals surface area (Å²) in [6, 6.07) is 67.0. The van der Waals surface area contributed by atoms with Crippen molar-refractivity contribution >= 4 is 46.2 Å². The second-order valence-electron chi connectivity index (χ2n) is 16.8. The maximum absolute atomic E-state index is 16.1. The van der Waals surface area contributed by atoms with Crippen molar-refractivity contribution in [2.45, 2.75) is 26.5 Å². The Kier molecular flexibility index (Phi) is 11.1. The Morgan fingerprint density at radius 2 is 1.34 bits per heavy atom. The normalized spacial score (nSPS) is 12.2. The third kappa shape index (κ3) is 8.66. The summed E-state index contributed by atoms with van der Waals surface area (Å²) in [5, 5.41) is 3.15. The molecule has 0 unspecified atom stereocenters. The first-order valence-corrected chi connectivity index (χ1v) is 24.7. The molecule has 319 valence electrons. The number of imidazole rings is 1. The number of furan rings is 1. The fourth-order valence-corrected chi connectivity index (χ4v) is 9.21. The molecule has 0 saturated carbocycles. The van der Waals surface area contributed by atoms with Crippen LogP contribution in [0.15, 0.2) is 199 Å². The maximum atomic E-state index is 16.1. The Balaban J connectivity index is 0.000000289. The molecule has 0 saturated heterocycles. The first kappa shape index (κ1) is 39.6. The van der Waals surface area contributed by atoms with Gasteiger partial charge < -0.3 is 14.0 Å². The average Bonchev–Trinajstić information content (AvgIpc) is 3.94. The predicted octanol–water partition coefficient (Wildman–Crippen LogP) is 14.9. The number of hydrogen-bond acceptors (Lipinski definition) is 3. The predicted molar refractivity (Wildman–Crippen MR) is 265 cm³/mol. The molecule has 11 aromatic rings. The number of aryl methyl sites for hydroxylation is 1. The van der Waals surface area contributed by atoms with E-state index in [1.54, 1.807) is 18.2 Å². The zero-order valence-electron chi connectivity index (χ0n) is 38.9. The van der Waals surface area contributed by atoms with E-state index in [0.717, 1.165) is 61.1 Å². The molecule has 0 aliphatic rings. The fourth-order valence-electron chi connectivity index (χ4n) is 8.18. The summed E-state index contributed by atoms with van der Waals surface area (Å²) in [7, 11) is -1.23. The van der Waals surface area contributed by atoms with E-state index in [-0.39, 0.29) is 25.9 Å². The number of halogens is 1. The minimum atomic E-state index is -2.17. The first-order valence-electron chi connectivity index (χ1n) is 22.7. The van der Waals surface area contributed by atoms with Crippen molar-refractivity contribution in [1.82, 2.24) is 14.5 Å². The van der Waals surface area contributed by atoms with Crippen LogP contribution in [0.25, 0.3) is 94.7 Å². The summed E-state index contributed by atoms with van der Waals surface area (Å²) in [5.41, 5.74) is 11.6. The zero-order chi connectivity index (χ0) is 46.3. The molecule has 0 atom stereocenters. The van der Waals surface area contributed by atoms with Gasteiger partial charge in [-0.25, -0.2) is 4.39 Å². The number of fused-ring (bicyclic) bond motifs is 4. The van der Waals surface area contributed by atoms with E-state index in [4.69, 9.17) is 13.5 Å². The number of rotatable bonds is 7. The molecule has 0 aliphatic heterocycles. The van der Waals surface area contributed by atoms with Crippen LogP contribution in [0.1, 0.15) is 9.68 Å². The molecule has 4 nitrogen and oxygen atoms in total. The molecule has 65 heavy (non-hydrogen) atoms. The average molecular weight is 1040 g/mol. The summed E-state index contributed by atoms with van der Waals surface area (Å²) in [6.45, 7) is 4.83. The number of nitrogens with zero attached hydrogens (tertiary/aromatic N) is 3. The van der Waals surface area contributed by atoms with Crippen molar-refractivity contribution in [2.24, 2.45) is 0 Å². The largest absolute Gasteiger partial charge is 0.501 e. The van der Waals surface area contributed by atoms with Crippen LogP contribution in [0.5, 0.6) is 0 Å². The number of benzene rings is 8. The van der Waals surface area contributed by atoms with Crippen molar-refractivity contribution in [3.63, 3.8) is 0 Å². The molecule has 3 heterocycles. The first-order chi connectivity index (χ1) is 32.4. The van der Waals surface area contributed by atoms with Gasteiger partial charge in [0.2, 0.25) is 0 Å². The molecule has 0 bridgehead atoms. The number of pyridine rings is 1. The minimum absolute atomic E-state index is 0. The van der Waals surface area contributed by atoms with E-state index in [2.05, 4.69) is 97.4 Å². The molecular formula is C58H44FIrN3OSi-2. The molecule has 0 N–H and O–H groups in total. The van der Waals surface area contributed by atoms with Crippen LogP contribution >= 0.6 is 0 Å². The Hall–Kier alpha value is -7.02. The van der Waals surface area contributed by atoms with Crippen LogP contribution in [0.2, 0.25) is 19.6 Å². The van der Waals surface area contributed by atoms with Crippen molar-refractivity contribution in [1.29, 1.82) is 0 Å². The molecule has 1 radical (unpaired) electrons. The van der Waals surface area contributed by atoms with Gasteiger partial charge in [0.05, 0.1) is 30.5 Å². The summed E-state index contributed by atoms with van der Waals surface area (Å²) < 4.78 is 47.7. The Morgan fingerprint density at radius 3 is 2.05 bits per heavy atom. The molecular weight excluding hydrogens is 994 g/mol. The molecule has 11 rings (SSSR count). The van der Waals surface area contributed by atoms with Gasteiger partial charge >= 0.3 is 0 Å². The summed E-state index contributed by atoms with van der Waals surface area (Å²) in [6.07, 6.45) is 2.02. The Bertz CT molecular complexity index is 3540. The van der Waals surface area contributed by atoms with Gasteiger partial charge in [-0.15, -0.1) is 54.1 Å². The van der Waals surface area contributed by atoms with Gasteiger partial charge in [-0.3, -0.25) is 4.98 Å². The van der Waals surface area contributed by atoms with Crippen LogP contribution < -0.4 is 5.19 Å². The van der Waals surface area contributed by atoms with E-state index < -0.39 is 14.9 Å². The van der Waals surface area contributed by atoms with Crippen LogP contribution in [0.3, 0.4) is 0 Å².